The van der Waals surface area contributed by atoms with Crippen LogP contribution in [0.1, 0.15) is 135 Å². The third-order valence-electron chi connectivity index (χ3n) is 9.54. The Kier molecular flexibility index (Phi) is 11.7. The summed E-state index contributed by atoms with van der Waals surface area (Å²) in [7, 11) is 0.679. The van der Waals surface area contributed by atoms with Gasteiger partial charge in [-0.3, -0.25) is 0 Å². The Morgan fingerprint density at radius 3 is 2.07 bits per heavy atom. The van der Waals surface area contributed by atoms with E-state index in [0.717, 1.165) is 12.2 Å². The number of piperidine rings is 1. The molecule has 3 aromatic carbocycles. The number of nitrogens with zero attached hydrogens (tertiary/aromatic N) is 1. The minimum absolute atomic E-state index is 0.00223. The SMILES string of the molecule is CCCCCC(CC)(Pc1ccc(C)cc1N1CCCCC1)c1cc(C(C)(C)C)cc(C(C)(C)C)c1OCc1ccccc1. The third-order valence-corrected chi connectivity index (χ3v) is 11.6. The van der Waals surface area contributed by atoms with Crippen molar-refractivity contribution < 1.29 is 4.74 Å². The molecular formula is C41H60NOP. The second kappa shape index (κ2) is 14.9. The van der Waals surface area contributed by atoms with E-state index in [9.17, 15) is 0 Å². The highest BCUT2D eigenvalue weighted by molar-refractivity contribution is 7.49. The molecule has 2 unspecified atom stereocenters. The van der Waals surface area contributed by atoms with E-state index < -0.39 is 0 Å². The van der Waals surface area contributed by atoms with Gasteiger partial charge >= 0.3 is 0 Å². The highest BCUT2D eigenvalue weighted by Gasteiger charge is 2.38. The van der Waals surface area contributed by atoms with E-state index >= 15 is 0 Å². The van der Waals surface area contributed by atoms with Gasteiger partial charge in [-0.1, -0.05) is 138 Å². The smallest absolute Gasteiger partial charge is 0.127 e. The summed E-state index contributed by atoms with van der Waals surface area (Å²) in [6.07, 6.45) is 9.98. The molecule has 2 nitrogen and oxygen atoms in total. The van der Waals surface area contributed by atoms with Crippen LogP contribution in [0.5, 0.6) is 5.75 Å². The molecule has 0 saturated carbocycles. The van der Waals surface area contributed by atoms with Crippen molar-refractivity contribution in [1.82, 2.24) is 0 Å². The average molecular weight is 614 g/mol. The van der Waals surface area contributed by atoms with Crippen LogP contribution in [0, 0.1) is 6.92 Å². The van der Waals surface area contributed by atoms with Gasteiger partial charge in [-0.15, -0.1) is 0 Å². The Hall–Kier alpha value is -2.31. The summed E-state index contributed by atoms with van der Waals surface area (Å²) >= 11 is 0. The molecule has 0 bridgehead atoms. The van der Waals surface area contributed by atoms with Gasteiger partial charge in [-0.25, -0.2) is 0 Å². The van der Waals surface area contributed by atoms with Gasteiger partial charge in [0.15, 0.2) is 0 Å². The lowest BCUT2D eigenvalue weighted by atomic mass is 9.76. The first-order valence-corrected chi connectivity index (χ1v) is 18.4. The first-order valence-electron chi connectivity index (χ1n) is 17.4. The Morgan fingerprint density at radius 2 is 1.45 bits per heavy atom. The van der Waals surface area contributed by atoms with E-state index in [1.165, 1.54) is 96.8 Å². The molecule has 1 heterocycles. The largest absolute Gasteiger partial charge is 0.488 e. The van der Waals surface area contributed by atoms with E-state index in [-0.39, 0.29) is 16.0 Å². The number of hydrogen-bond acceptors (Lipinski definition) is 2. The molecule has 240 valence electrons. The minimum Gasteiger partial charge on any atom is -0.488 e. The summed E-state index contributed by atoms with van der Waals surface area (Å²) in [4.78, 5) is 2.68. The summed E-state index contributed by atoms with van der Waals surface area (Å²) in [6, 6.07) is 23.0. The lowest BCUT2D eigenvalue weighted by Crippen LogP contribution is -2.34. The topological polar surface area (TPSA) is 12.5 Å². The number of aryl methyl sites for hydroxylation is 1. The summed E-state index contributed by atoms with van der Waals surface area (Å²) in [5.41, 5.74) is 8.26. The fraction of sp³-hybridized carbons (Fsp3) is 0.561. The molecule has 3 heteroatoms. The molecule has 1 aliphatic rings. The molecule has 0 aromatic heterocycles. The Balaban J connectivity index is 1.95. The maximum absolute atomic E-state index is 7.06. The zero-order chi connectivity index (χ0) is 32.0. The molecule has 1 saturated heterocycles. The van der Waals surface area contributed by atoms with Crippen molar-refractivity contribution in [3.05, 3.63) is 88.5 Å². The van der Waals surface area contributed by atoms with E-state index in [0.29, 0.717) is 15.2 Å². The number of benzene rings is 3. The van der Waals surface area contributed by atoms with Crippen molar-refractivity contribution in [1.29, 1.82) is 0 Å². The first kappa shape index (κ1) is 34.6. The van der Waals surface area contributed by atoms with Crippen LogP contribution in [-0.4, -0.2) is 13.1 Å². The summed E-state index contributed by atoms with van der Waals surface area (Å²) in [5, 5.41) is 1.53. The monoisotopic (exact) mass is 613 g/mol. The quantitative estimate of drug-likeness (QED) is 0.149. The van der Waals surface area contributed by atoms with Crippen molar-refractivity contribution in [2.24, 2.45) is 0 Å². The van der Waals surface area contributed by atoms with Crippen LogP contribution < -0.4 is 14.9 Å². The molecule has 4 rings (SSSR count). The fourth-order valence-electron chi connectivity index (χ4n) is 6.66. The zero-order valence-electron chi connectivity index (χ0n) is 29.4. The molecule has 1 fully saturated rings. The highest BCUT2D eigenvalue weighted by Crippen LogP contribution is 2.55. The van der Waals surface area contributed by atoms with Crippen molar-refractivity contribution in [2.45, 2.75) is 136 Å². The molecule has 0 spiro atoms. The Morgan fingerprint density at radius 1 is 0.773 bits per heavy atom. The molecule has 0 aliphatic carbocycles. The maximum atomic E-state index is 7.06. The molecule has 1 aliphatic heterocycles. The van der Waals surface area contributed by atoms with Crippen molar-refractivity contribution in [3.8, 4) is 5.75 Å². The molecule has 0 N–H and O–H groups in total. The molecule has 0 amide bonds. The van der Waals surface area contributed by atoms with Gasteiger partial charge in [0.1, 0.15) is 12.4 Å². The number of anilines is 1. The predicted molar refractivity (Wildman–Crippen MR) is 196 cm³/mol. The maximum Gasteiger partial charge on any atom is 0.127 e. The summed E-state index contributed by atoms with van der Waals surface area (Å²) in [5.74, 6) is 1.13. The second-order valence-electron chi connectivity index (χ2n) is 15.3. The lowest BCUT2D eigenvalue weighted by molar-refractivity contribution is 0.288. The molecular weight excluding hydrogens is 553 g/mol. The molecule has 2 atom stereocenters. The van der Waals surface area contributed by atoms with Crippen LogP contribution >= 0.6 is 8.58 Å². The van der Waals surface area contributed by atoms with Crippen LogP contribution in [-0.2, 0) is 22.6 Å². The van der Waals surface area contributed by atoms with Gasteiger partial charge in [0, 0.05) is 35.1 Å². The van der Waals surface area contributed by atoms with E-state index in [4.69, 9.17) is 4.74 Å². The molecule has 44 heavy (non-hydrogen) atoms. The number of unbranched alkanes of at least 4 members (excludes halogenated alkanes) is 2. The van der Waals surface area contributed by atoms with Crippen LogP contribution in [0.15, 0.2) is 60.7 Å². The van der Waals surface area contributed by atoms with E-state index in [1.807, 2.05) is 0 Å². The van der Waals surface area contributed by atoms with E-state index in [1.54, 1.807) is 0 Å². The van der Waals surface area contributed by atoms with Gasteiger partial charge in [-0.2, -0.15) is 0 Å². The van der Waals surface area contributed by atoms with E-state index in [2.05, 4.69) is 128 Å². The number of hydrogen-bond donors (Lipinski definition) is 0. The van der Waals surface area contributed by atoms with Gasteiger partial charge in [0.05, 0.1) is 0 Å². The average Bonchev–Trinajstić information content (AvgIpc) is 3.00. The Labute approximate surface area is 272 Å². The van der Waals surface area contributed by atoms with Crippen molar-refractivity contribution >= 4 is 19.6 Å². The predicted octanol–water partition coefficient (Wildman–Crippen LogP) is 11.3. The fourth-order valence-corrected chi connectivity index (χ4v) is 8.50. The first-order chi connectivity index (χ1) is 20.9. The standard InChI is InChI=1S/C41H60NOP/c1-10-12-17-24-41(11-2,44-37-23-22-31(3)27-36(37)42-25-18-14-19-26-42)35-29-33(39(4,5)6)28-34(40(7,8)9)38(35)43-30-32-20-15-13-16-21-32/h13,15-16,20-23,27-29,44H,10-12,14,17-19,24-26,30H2,1-9H3. The Bertz CT molecular complexity index is 1340. The minimum atomic E-state index is -0.0448. The van der Waals surface area contributed by atoms with Crippen molar-refractivity contribution in [3.63, 3.8) is 0 Å². The summed E-state index contributed by atoms with van der Waals surface area (Å²) in [6.45, 7) is 24.1. The van der Waals surface area contributed by atoms with Crippen LogP contribution in [0.4, 0.5) is 5.69 Å². The number of rotatable bonds is 12. The van der Waals surface area contributed by atoms with Gasteiger partial charge in [0.25, 0.3) is 0 Å². The van der Waals surface area contributed by atoms with Crippen molar-refractivity contribution in [2.75, 3.05) is 18.0 Å². The normalized spacial score (nSPS) is 16.0. The van der Waals surface area contributed by atoms with Gasteiger partial charge < -0.3 is 9.64 Å². The van der Waals surface area contributed by atoms with Gasteiger partial charge in [-0.05, 0) is 77.9 Å². The lowest BCUT2D eigenvalue weighted by Gasteiger charge is -2.40. The number of ether oxygens (including phenoxy) is 1. The highest BCUT2D eigenvalue weighted by atomic mass is 31.1. The second-order valence-corrected chi connectivity index (χ2v) is 17.0. The van der Waals surface area contributed by atoms with Crippen LogP contribution in [0.2, 0.25) is 0 Å². The van der Waals surface area contributed by atoms with Gasteiger partial charge in [0.2, 0.25) is 0 Å². The third kappa shape index (κ3) is 8.48. The zero-order valence-corrected chi connectivity index (χ0v) is 30.4. The van der Waals surface area contributed by atoms with Crippen LogP contribution in [0.3, 0.4) is 0 Å². The molecule has 3 aromatic rings. The van der Waals surface area contributed by atoms with Crippen LogP contribution in [0.25, 0.3) is 0 Å². The summed E-state index contributed by atoms with van der Waals surface area (Å²) < 4.78 is 7.06. The molecule has 0 radical (unpaired) electrons.